The minimum atomic E-state index is -0.949. The highest BCUT2D eigenvalue weighted by molar-refractivity contribution is 6.04. The summed E-state index contributed by atoms with van der Waals surface area (Å²) in [6, 6.07) is 3.78. The summed E-state index contributed by atoms with van der Waals surface area (Å²) in [4.78, 5) is 11.9. The maximum Gasteiger partial charge on any atom is 0.337 e. The SMILES string of the molecule is Cc1c(C(C)O)c2cc(C(C)(C)C)cc(C(=O)O)c2n1CCCN. The van der Waals surface area contributed by atoms with Crippen molar-refractivity contribution in [2.24, 2.45) is 5.73 Å². The number of benzene rings is 1. The number of nitrogens with two attached hydrogens (primary N) is 1. The Bertz CT molecular complexity index is 767. The number of rotatable bonds is 5. The zero-order valence-corrected chi connectivity index (χ0v) is 15.2. The third-order valence-electron chi connectivity index (χ3n) is 4.56. The number of carboxylic acids is 1. The van der Waals surface area contributed by atoms with Gasteiger partial charge in [-0.05, 0) is 49.9 Å². The number of hydrogen-bond donors (Lipinski definition) is 3. The van der Waals surface area contributed by atoms with E-state index in [1.54, 1.807) is 13.0 Å². The van der Waals surface area contributed by atoms with Crippen molar-refractivity contribution in [3.05, 3.63) is 34.5 Å². The number of nitrogens with zero attached hydrogens (tertiary/aromatic N) is 1. The molecule has 0 fully saturated rings. The van der Waals surface area contributed by atoms with Crippen molar-refractivity contribution in [2.45, 2.75) is 59.1 Å². The lowest BCUT2D eigenvalue weighted by molar-refractivity contribution is 0.0698. The number of hydrogen-bond acceptors (Lipinski definition) is 3. The summed E-state index contributed by atoms with van der Waals surface area (Å²) < 4.78 is 1.99. The number of carbonyl (C=O) groups is 1. The molecule has 2 rings (SSSR count). The molecule has 5 nitrogen and oxygen atoms in total. The Morgan fingerprint density at radius 1 is 1.33 bits per heavy atom. The second kappa shape index (κ2) is 6.57. The molecule has 1 atom stereocenters. The van der Waals surface area contributed by atoms with Gasteiger partial charge >= 0.3 is 5.97 Å². The second-order valence-corrected chi connectivity index (χ2v) is 7.44. The average Bonchev–Trinajstić information content (AvgIpc) is 2.74. The largest absolute Gasteiger partial charge is 0.478 e. The summed E-state index contributed by atoms with van der Waals surface area (Å²) in [6.45, 7) is 11.0. The van der Waals surface area contributed by atoms with Gasteiger partial charge in [-0.2, -0.15) is 0 Å². The van der Waals surface area contributed by atoms with Crippen LogP contribution >= 0.6 is 0 Å². The predicted molar refractivity (Wildman–Crippen MR) is 96.6 cm³/mol. The Balaban J connectivity index is 2.93. The van der Waals surface area contributed by atoms with Crippen molar-refractivity contribution in [3.63, 3.8) is 0 Å². The van der Waals surface area contributed by atoms with Gasteiger partial charge in [0.1, 0.15) is 0 Å². The molecule has 1 aromatic heterocycles. The zero-order chi connectivity index (χ0) is 18.2. The van der Waals surface area contributed by atoms with Gasteiger partial charge in [0.15, 0.2) is 0 Å². The van der Waals surface area contributed by atoms with Crippen molar-refractivity contribution < 1.29 is 15.0 Å². The first-order valence-electron chi connectivity index (χ1n) is 8.38. The van der Waals surface area contributed by atoms with E-state index in [0.717, 1.165) is 28.6 Å². The first kappa shape index (κ1) is 18.5. The van der Waals surface area contributed by atoms with Crippen LogP contribution in [0.2, 0.25) is 0 Å². The normalized spacial score (nSPS) is 13.5. The molecule has 1 aromatic carbocycles. The van der Waals surface area contributed by atoms with E-state index in [-0.39, 0.29) is 11.0 Å². The zero-order valence-electron chi connectivity index (χ0n) is 15.2. The summed E-state index contributed by atoms with van der Waals surface area (Å²) in [5.74, 6) is -0.949. The van der Waals surface area contributed by atoms with Crippen molar-refractivity contribution in [1.29, 1.82) is 0 Å². The molecule has 4 N–H and O–H groups in total. The number of carboxylic acid groups (broad SMARTS) is 1. The van der Waals surface area contributed by atoms with Gasteiger partial charge in [0, 0.05) is 23.2 Å². The Kier molecular flexibility index (Phi) is 5.06. The number of aryl methyl sites for hydroxylation is 1. The van der Waals surface area contributed by atoms with Crippen molar-refractivity contribution in [3.8, 4) is 0 Å². The smallest absolute Gasteiger partial charge is 0.337 e. The summed E-state index contributed by atoms with van der Waals surface area (Å²) in [7, 11) is 0. The minimum absolute atomic E-state index is 0.179. The van der Waals surface area contributed by atoms with E-state index < -0.39 is 12.1 Å². The molecule has 1 unspecified atom stereocenters. The lowest BCUT2D eigenvalue weighted by Gasteiger charge is -2.20. The first-order chi connectivity index (χ1) is 11.1. The molecule has 0 saturated heterocycles. The molecule has 0 saturated carbocycles. The molecule has 0 aliphatic rings. The molecule has 0 spiro atoms. The van der Waals surface area contributed by atoms with Crippen LogP contribution in [0.5, 0.6) is 0 Å². The first-order valence-corrected chi connectivity index (χ1v) is 8.38. The molecule has 24 heavy (non-hydrogen) atoms. The molecule has 2 aromatic rings. The Hall–Kier alpha value is -1.85. The second-order valence-electron chi connectivity index (χ2n) is 7.44. The summed E-state index contributed by atoms with van der Waals surface area (Å²) >= 11 is 0. The highest BCUT2D eigenvalue weighted by Crippen LogP contribution is 2.36. The van der Waals surface area contributed by atoms with E-state index in [0.29, 0.717) is 18.6 Å². The molecular weight excluding hydrogens is 304 g/mol. The van der Waals surface area contributed by atoms with Gasteiger partial charge in [0.05, 0.1) is 17.2 Å². The van der Waals surface area contributed by atoms with Crippen LogP contribution in [-0.2, 0) is 12.0 Å². The molecule has 0 aliphatic carbocycles. The van der Waals surface area contributed by atoms with Crippen molar-refractivity contribution >= 4 is 16.9 Å². The quantitative estimate of drug-likeness (QED) is 0.783. The van der Waals surface area contributed by atoms with Gasteiger partial charge in [0.2, 0.25) is 0 Å². The van der Waals surface area contributed by atoms with Gasteiger partial charge in [0.25, 0.3) is 0 Å². The fourth-order valence-corrected chi connectivity index (χ4v) is 3.29. The Morgan fingerprint density at radius 3 is 2.42 bits per heavy atom. The third kappa shape index (κ3) is 3.19. The highest BCUT2D eigenvalue weighted by Gasteiger charge is 2.25. The van der Waals surface area contributed by atoms with Crippen LogP contribution in [0, 0.1) is 6.92 Å². The monoisotopic (exact) mass is 332 g/mol. The topological polar surface area (TPSA) is 88.5 Å². The van der Waals surface area contributed by atoms with Crippen LogP contribution in [0.4, 0.5) is 0 Å². The van der Waals surface area contributed by atoms with Crippen LogP contribution < -0.4 is 5.73 Å². The fraction of sp³-hybridized carbons (Fsp3) is 0.526. The van der Waals surface area contributed by atoms with Gasteiger partial charge in [-0.15, -0.1) is 0 Å². The number of aromatic carboxylic acids is 1. The number of aliphatic hydroxyl groups is 1. The molecule has 0 bridgehead atoms. The lowest BCUT2D eigenvalue weighted by atomic mass is 9.84. The van der Waals surface area contributed by atoms with Crippen molar-refractivity contribution in [1.82, 2.24) is 4.57 Å². The maximum absolute atomic E-state index is 11.9. The molecule has 0 amide bonds. The van der Waals surface area contributed by atoms with Crippen LogP contribution in [-0.4, -0.2) is 27.3 Å². The number of aromatic nitrogens is 1. The average molecular weight is 332 g/mol. The van der Waals surface area contributed by atoms with Gasteiger partial charge in [-0.3, -0.25) is 0 Å². The highest BCUT2D eigenvalue weighted by atomic mass is 16.4. The van der Waals surface area contributed by atoms with E-state index in [1.807, 2.05) is 17.6 Å². The van der Waals surface area contributed by atoms with Crippen LogP contribution in [0.1, 0.15) is 67.4 Å². The van der Waals surface area contributed by atoms with E-state index in [2.05, 4.69) is 20.8 Å². The third-order valence-corrected chi connectivity index (χ3v) is 4.56. The Morgan fingerprint density at radius 2 is 1.96 bits per heavy atom. The molecule has 0 aliphatic heterocycles. The lowest BCUT2D eigenvalue weighted by Crippen LogP contribution is -2.14. The van der Waals surface area contributed by atoms with Gasteiger partial charge in [-0.25, -0.2) is 4.79 Å². The van der Waals surface area contributed by atoms with Crippen LogP contribution in [0.15, 0.2) is 12.1 Å². The number of fused-ring (bicyclic) bond motifs is 1. The van der Waals surface area contributed by atoms with Crippen LogP contribution in [0.25, 0.3) is 10.9 Å². The molecule has 1 heterocycles. The Labute approximate surface area is 143 Å². The van der Waals surface area contributed by atoms with Gasteiger partial charge < -0.3 is 20.5 Å². The molecule has 132 valence electrons. The molecular formula is C19H28N2O3. The molecule has 5 heteroatoms. The standard InChI is InChI=1S/C19H28N2O3/c1-11-16(12(2)22)14-9-13(19(3,4)5)10-15(18(23)24)17(14)21(11)8-6-7-20/h9-10,12,22H,6-8,20H2,1-5H3,(H,23,24). The van der Waals surface area contributed by atoms with E-state index in [1.165, 1.54) is 0 Å². The summed E-state index contributed by atoms with van der Waals surface area (Å²) in [5, 5.41) is 20.9. The molecule has 0 radical (unpaired) electrons. The minimum Gasteiger partial charge on any atom is -0.478 e. The van der Waals surface area contributed by atoms with Crippen molar-refractivity contribution in [2.75, 3.05) is 6.54 Å². The van der Waals surface area contributed by atoms with E-state index in [9.17, 15) is 15.0 Å². The maximum atomic E-state index is 11.9. The summed E-state index contributed by atoms with van der Waals surface area (Å²) in [6.07, 6.45) is 0.0905. The summed E-state index contributed by atoms with van der Waals surface area (Å²) in [5.41, 5.74) is 9.07. The van der Waals surface area contributed by atoms with Gasteiger partial charge in [-0.1, -0.05) is 20.8 Å². The predicted octanol–water partition coefficient (Wildman–Crippen LogP) is 3.35. The fourth-order valence-electron chi connectivity index (χ4n) is 3.29. The number of aliphatic hydroxyl groups excluding tert-OH is 1. The van der Waals surface area contributed by atoms with Crippen LogP contribution in [0.3, 0.4) is 0 Å². The van der Waals surface area contributed by atoms with E-state index in [4.69, 9.17) is 5.73 Å². The van der Waals surface area contributed by atoms with E-state index >= 15 is 0 Å².